The number of amides is 1. The lowest BCUT2D eigenvalue weighted by Gasteiger charge is -2.24. The maximum Gasteiger partial charge on any atom is 0.269 e. The molecule has 0 bridgehead atoms. The number of primary sulfonamides is 1. The molecule has 0 spiro atoms. The molecular weight excluding hydrogens is 536 g/mol. The average molecular weight is 555 g/mol. The molecule has 13 nitrogen and oxygen atoms in total. The van der Waals surface area contributed by atoms with Gasteiger partial charge in [-0.05, 0) is 36.8 Å². The first-order chi connectivity index (χ1) is 18.0. The highest BCUT2D eigenvalue weighted by atomic mass is 32.2. The van der Waals surface area contributed by atoms with Crippen LogP contribution in [0.5, 0.6) is 5.88 Å². The van der Waals surface area contributed by atoms with Crippen molar-refractivity contribution < 1.29 is 27.7 Å². The van der Waals surface area contributed by atoms with Gasteiger partial charge in [0.1, 0.15) is 17.4 Å². The Balaban J connectivity index is 1.74. The summed E-state index contributed by atoms with van der Waals surface area (Å²) in [6, 6.07) is 13.2. The third-order valence-electron chi connectivity index (χ3n) is 5.27. The number of hydrogen-bond donors (Lipinski definition) is 3. The number of fused-ring (bicyclic) bond motifs is 1. The van der Waals surface area contributed by atoms with Crippen molar-refractivity contribution in [2.75, 3.05) is 5.32 Å². The third-order valence-corrected chi connectivity index (χ3v) is 7.22. The summed E-state index contributed by atoms with van der Waals surface area (Å²) in [4.78, 5) is 39.0. The summed E-state index contributed by atoms with van der Waals surface area (Å²) in [5.74, 6) is -2.01. The summed E-state index contributed by atoms with van der Waals surface area (Å²) in [6.07, 6.45) is -0.432. The Morgan fingerprint density at radius 3 is 2.42 bits per heavy atom. The van der Waals surface area contributed by atoms with Crippen LogP contribution >= 0.6 is 11.3 Å². The molecule has 1 aromatic heterocycles. The molecule has 1 aliphatic heterocycles. The number of ketones is 1. The molecule has 194 valence electrons. The summed E-state index contributed by atoms with van der Waals surface area (Å²) < 4.78 is 28.8. The number of allylic oxidation sites excluding steroid dienone is 1. The lowest BCUT2D eigenvalue weighted by Crippen LogP contribution is -2.31. The van der Waals surface area contributed by atoms with Gasteiger partial charge in [-0.25, -0.2) is 13.6 Å². The highest BCUT2D eigenvalue weighted by Crippen LogP contribution is 2.47. The number of rotatable bonds is 8. The van der Waals surface area contributed by atoms with Crippen molar-refractivity contribution >= 4 is 49.6 Å². The molecule has 15 heteroatoms. The van der Waals surface area contributed by atoms with Gasteiger partial charge in [0.25, 0.3) is 5.69 Å². The molecule has 4 rings (SSSR count). The number of anilines is 2. The van der Waals surface area contributed by atoms with Gasteiger partial charge in [-0.1, -0.05) is 23.5 Å². The van der Waals surface area contributed by atoms with E-state index >= 15 is 0 Å². The number of carbonyl (C=O) groups excluding carboxylic acids is 2. The van der Waals surface area contributed by atoms with Crippen LogP contribution in [0.2, 0.25) is 0 Å². The minimum absolute atomic E-state index is 0.0101. The Morgan fingerprint density at radius 1 is 1.21 bits per heavy atom. The van der Waals surface area contributed by atoms with Gasteiger partial charge >= 0.3 is 0 Å². The van der Waals surface area contributed by atoms with Gasteiger partial charge in [-0.2, -0.15) is 10.2 Å². The van der Waals surface area contributed by atoms with Gasteiger partial charge in [0.05, 0.1) is 27.0 Å². The number of aromatic nitrogens is 1. The zero-order valence-electron chi connectivity index (χ0n) is 19.5. The molecule has 4 N–H and O–H groups in total. The van der Waals surface area contributed by atoms with Crippen molar-refractivity contribution in [3.8, 4) is 11.9 Å². The van der Waals surface area contributed by atoms with Crippen LogP contribution in [-0.2, 0) is 19.6 Å². The quantitative estimate of drug-likeness (QED) is 0.211. The number of nitrogens with zero attached hydrogens (tertiary/aromatic N) is 3. The van der Waals surface area contributed by atoms with Crippen molar-refractivity contribution in [2.24, 2.45) is 5.14 Å². The Kier molecular flexibility index (Phi) is 7.21. The maximum absolute atomic E-state index is 12.3. The fourth-order valence-electron chi connectivity index (χ4n) is 3.60. The normalized spacial score (nSPS) is 14.6. The molecule has 0 saturated carbocycles. The number of benzene rings is 2. The number of Topliss-reactive ketones (excluding diaryl/α,β-unsaturated/α-hetero) is 1. The summed E-state index contributed by atoms with van der Waals surface area (Å²) in [5.41, 5.74) is 0.852. The number of carbonyl (C=O) groups is 2. The standard InChI is InChI=1S/C23H18N6O7S2/c1-12(30)10-18(31)27-21-17(11-24)19(13-2-6-15(7-3-13)29(32)33)20-22(36-21)28-23(37-20)26-14-4-8-16(9-5-14)38(25,34)35/h2-9,19H,10H2,1H3,(H,26,28)(H,27,31)(H2,25,34,35). The van der Waals surface area contributed by atoms with Crippen molar-refractivity contribution in [2.45, 2.75) is 24.2 Å². The van der Waals surface area contributed by atoms with E-state index in [0.717, 1.165) is 11.3 Å². The van der Waals surface area contributed by atoms with E-state index in [1.165, 1.54) is 55.5 Å². The van der Waals surface area contributed by atoms with Crippen LogP contribution in [-0.4, -0.2) is 30.0 Å². The number of nitro groups is 1. The molecule has 0 saturated heterocycles. The molecule has 0 fully saturated rings. The van der Waals surface area contributed by atoms with Crippen LogP contribution in [0.25, 0.3) is 0 Å². The predicted octanol–water partition coefficient (Wildman–Crippen LogP) is 2.80. The van der Waals surface area contributed by atoms with Crippen LogP contribution in [0.4, 0.5) is 16.5 Å². The van der Waals surface area contributed by atoms with Gasteiger partial charge in [0.15, 0.2) is 5.13 Å². The zero-order valence-corrected chi connectivity index (χ0v) is 21.1. The summed E-state index contributed by atoms with van der Waals surface area (Å²) in [7, 11) is -3.87. The Labute approximate surface area is 219 Å². The van der Waals surface area contributed by atoms with Crippen molar-refractivity contribution in [3.05, 3.63) is 80.5 Å². The van der Waals surface area contributed by atoms with Crippen molar-refractivity contribution in [1.82, 2.24) is 10.3 Å². The van der Waals surface area contributed by atoms with E-state index in [4.69, 9.17) is 9.88 Å². The molecule has 1 aliphatic rings. The van der Waals surface area contributed by atoms with E-state index in [1.54, 1.807) is 0 Å². The second-order valence-corrected chi connectivity index (χ2v) is 10.6. The van der Waals surface area contributed by atoms with E-state index in [9.17, 15) is 33.4 Å². The van der Waals surface area contributed by atoms with Gasteiger partial charge in [0, 0.05) is 17.8 Å². The summed E-state index contributed by atoms with van der Waals surface area (Å²) in [6.45, 7) is 1.24. The average Bonchev–Trinajstić information content (AvgIpc) is 3.24. The Hall–Kier alpha value is -4.65. The zero-order chi connectivity index (χ0) is 27.6. The van der Waals surface area contributed by atoms with Crippen LogP contribution in [0, 0.1) is 21.4 Å². The first kappa shape index (κ1) is 26.4. The molecule has 1 atom stereocenters. The van der Waals surface area contributed by atoms with E-state index < -0.39 is 39.0 Å². The van der Waals surface area contributed by atoms with E-state index in [-0.39, 0.29) is 27.9 Å². The number of nitro benzene ring substituents is 1. The van der Waals surface area contributed by atoms with Crippen molar-refractivity contribution in [1.29, 1.82) is 5.26 Å². The molecular formula is C23H18N6O7S2. The SMILES string of the molecule is CC(=O)CC(=O)NC1=C(C#N)C(c2ccc([N+](=O)[O-])cc2)c2sc(Nc3ccc(S(N)(=O)=O)cc3)nc2O1. The lowest BCUT2D eigenvalue weighted by atomic mass is 9.89. The number of nitrogens with two attached hydrogens (primary N) is 1. The highest BCUT2D eigenvalue weighted by Gasteiger charge is 2.36. The number of sulfonamides is 1. The molecule has 38 heavy (non-hydrogen) atoms. The highest BCUT2D eigenvalue weighted by molar-refractivity contribution is 7.89. The fraction of sp³-hybridized carbons (Fsp3) is 0.130. The van der Waals surface area contributed by atoms with Gasteiger partial charge in [-0.3, -0.25) is 25.0 Å². The van der Waals surface area contributed by atoms with Gasteiger partial charge < -0.3 is 10.1 Å². The van der Waals surface area contributed by atoms with Crippen LogP contribution in [0.15, 0.2) is 64.9 Å². The maximum atomic E-state index is 12.3. The summed E-state index contributed by atoms with van der Waals surface area (Å²) >= 11 is 1.13. The molecule has 1 amide bonds. The van der Waals surface area contributed by atoms with Crippen molar-refractivity contribution in [3.63, 3.8) is 0 Å². The largest absolute Gasteiger partial charge is 0.420 e. The number of thiazole rings is 1. The summed E-state index contributed by atoms with van der Waals surface area (Å²) in [5, 5.41) is 32.0. The monoisotopic (exact) mass is 554 g/mol. The Bertz CT molecular complexity index is 1620. The van der Waals surface area contributed by atoms with Crippen LogP contribution < -0.4 is 20.5 Å². The van der Waals surface area contributed by atoms with Gasteiger partial charge in [-0.15, -0.1) is 0 Å². The lowest BCUT2D eigenvalue weighted by molar-refractivity contribution is -0.384. The fourth-order valence-corrected chi connectivity index (χ4v) is 5.17. The number of nitriles is 1. The minimum Gasteiger partial charge on any atom is -0.420 e. The number of non-ortho nitro benzene ring substituents is 1. The van der Waals surface area contributed by atoms with Crippen LogP contribution in [0.1, 0.15) is 29.7 Å². The molecule has 0 aliphatic carbocycles. The predicted molar refractivity (Wildman–Crippen MR) is 135 cm³/mol. The molecule has 2 heterocycles. The second-order valence-electron chi connectivity index (χ2n) is 8.05. The third kappa shape index (κ3) is 5.67. The molecule has 2 aromatic carbocycles. The Morgan fingerprint density at radius 2 is 1.87 bits per heavy atom. The van der Waals surface area contributed by atoms with Crippen LogP contribution in [0.3, 0.4) is 0 Å². The topological polar surface area (TPSA) is 207 Å². The number of nitrogens with one attached hydrogen (secondary N) is 2. The van der Waals surface area contributed by atoms with Gasteiger partial charge in [0.2, 0.25) is 27.7 Å². The smallest absolute Gasteiger partial charge is 0.269 e. The molecule has 0 radical (unpaired) electrons. The first-order valence-corrected chi connectivity index (χ1v) is 13.1. The number of ether oxygens (including phenoxy) is 1. The van der Waals surface area contributed by atoms with E-state index in [2.05, 4.69) is 15.6 Å². The van der Waals surface area contributed by atoms with E-state index in [0.29, 0.717) is 21.3 Å². The number of hydrogen-bond acceptors (Lipinski definition) is 11. The molecule has 3 aromatic rings. The van der Waals surface area contributed by atoms with E-state index in [1.807, 2.05) is 6.07 Å². The molecule has 1 unspecified atom stereocenters. The minimum atomic E-state index is -3.87. The first-order valence-electron chi connectivity index (χ1n) is 10.7. The second kappa shape index (κ2) is 10.4.